The first-order valence-electron chi connectivity index (χ1n) is 6.86. The van der Waals surface area contributed by atoms with Gasteiger partial charge in [0, 0.05) is 32.3 Å². The van der Waals surface area contributed by atoms with Gasteiger partial charge in [0.25, 0.3) is 0 Å². The summed E-state index contributed by atoms with van der Waals surface area (Å²) in [5, 5.41) is 11.3. The molecular weight excluding hydrogens is 315 g/mol. The van der Waals surface area contributed by atoms with Gasteiger partial charge in [0.2, 0.25) is 0 Å². The van der Waals surface area contributed by atoms with Gasteiger partial charge in [-0.15, -0.1) is 0 Å². The van der Waals surface area contributed by atoms with E-state index in [0.29, 0.717) is 0 Å². The van der Waals surface area contributed by atoms with Crippen LogP contribution in [0.5, 0.6) is 0 Å². The first kappa shape index (κ1) is 18.7. The zero-order chi connectivity index (χ0) is 17.6. The highest BCUT2D eigenvalue weighted by molar-refractivity contribution is 5.75. The predicted molar refractivity (Wildman–Crippen MR) is 75.8 cm³/mol. The Labute approximate surface area is 131 Å². The van der Waals surface area contributed by atoms with Gasteiger partial charge in [0.05, 0.1) is 5.92 Å². The van der Waals surface area contributed by atoms with Gasteiger partial charge in [0.1, 0.15) is 5.69 Å². The number of rotatable bonds is 6. The van der Waals surface area contributed by atoms with Crippen LogP contribution < -0.4 is 5.32 Å². The minimum Gasteiger partial charge on any atom is -0.481 e. The quantitative estimate of drug-likeness (QED) is 0.834. The molecule has 0 saturated heterocycles. The number of carboxylic acids is 1. The van der Waals surface area contributed by atoms with Crippen LogP contribution >= 0.6 is 0 Å². The molecule has 0 radical (unpaired) electrons. The molecule has 2 amide bonds. The van der Waals surface area contributed by atoms with Crippen molar-refractivity contribution in [2.24, 2.45) is 5.92 Å². The molecule has 0 saturated carbocycles. The monoisotopic (exact) mass is 333 g/mol. The van der Waals surface area contributed by atoms with Crippen molar-refractivity contribution in [3.8, 4) is 0 Å². The molecule has 9 heteroatoms. The lowest BCUT2D eigenvalue weighted by Crippen LogP contribution is -2.41. The largest absolute Gasteiger partial charge is 0.481 e. The van der Waals surface area contributed by atoms with E-state index in [9.17, 15) is 22.8 Å². The summed E-state index contributed by atoms with van der Waals surface area (Å²) in [5.74, 6) is -1.73. The fourth-order valence-corrected chi connectivity index (χ4v) is 1.78. The molecule has 1 atom stereocenters. The zero-order valence-electron chi connectivity index (χ0n) is 12.7. The van der Waals surface area contributed by atoms with Crippen molar-refractivity contribution in [3.05, 3.63) is 29.6 Å². The molecule has 6 nitrogen and oxygen atoms in total. The van der Waals surface area contributed by atoms with Crippen molar-refractivity contribution in [1.29, 1.82) is 0 Å². The Morgan fingerprint density at radius 1 is 1.39 bits per heavy atom. The Hall–Kier alpha value is -2.32. The van der Waals surface area contributed by atoms with E-state index in [4.69, 9.17) is 5.11 Å². The van der Waals surface area contributed by atoms with E-state index >= 15 is 0 Å². The summed E-state index contributed by atoms with van der Waals surface area (Å²) in [6, 6.07) is 3.08. The molecule has 1 aromatic heterocycles. The number of hydrogen-bond donors (Lipinski definition) is 2. The van der Waals surface area contributed by atoms with Crippen molar-refractivity contribution in [1.82, 2.24) is 15.2 Å². The second-order valence-electron chi connectivity index (χ2n) is 5.11. The van der Waals surface area contributed by atoms with Gasteiger partial charge < -0.3 is 15.3 Å². The molecule has 1 heterocycles. The van der Waals surface area contributed by atoms with E-state index in [1.54, 1.807) is 0 Å². The molecular formula is C14H18F3N3O3. The van der Waals surface area contributed by atoms with Crippen molar-refractivity contribution in [3.63, 3.8) is 0 Å². The number of nitrogens with zero attached hydrogens (tertiary/aromatic N) is 2. The molecule has 0 aliphatic carbocycles. The van der Waals surface area contributed by atoms with Crippen molar-refractivity contribution in [2.75, 3.05) is 20.1 Å². The molecule has 0 spiro atoms. The third-order valence-corrected chi connectivity index (χ3v) is 3.07. The Kier molecular flexibility index (Phi) is 6.35. The lowest BCUT2D eigenvalue weighted by molar-refractivity contribution is -0.142. The molecule has 1 rings (SSSR count). The summed E-state index contributed by atoms with van der Waals surface area (Å²) >= 11 is 0. The van der Waals surface area contributed by atoms with Crippen LogP contribution in [0.1, 0.15) is 18.3 Å². The second kappa shape index (κ2) is 7.80. The molecule has 0 bridgehead atoms. The maximum atomic E-state index is 12.5. The summed E-state index contributed by atoms with van der Waals surface area (Å²) in [6.45, 7) is 1.60. The van der Waals surface area contributed by atoms with E-state index < -0.39 is 29.8 Å². The molecule has 0 aliphatic heterocycles. The Bertz CT molecular complexity index is 564. The first-order chi connectivity index (χ1) is 10.6. The van der Waals surface area contributed by atoms with Crippen molar-refractivity contribution >= 4 is 12.0 Å². The highest BCUT2D eigenvalue weighted by atomic mass is 19.4. The standard InChI is InChI=1S/C14H18F3N3O3/c1-9(12(21)22)8-20(2)13(23)18-7-6-10-4-3-5-11(19-10)14(15,16)17/h3-5,9H,6-8H2,1-2H3,(H,18,23)(H,21,22). The van der Waals surface area contributed by atoms with E-state index in [0.717, 1.165) is 6.07 Å². The number of alkyl halides is 3. The molecule has 0 fully saturated rings. The molecule has 1 aromatic rings. The van der Waals surface area contributed by atoms with Crippen LogP contribution in [0, 0.1) is 5.92 Å². The highest BCUT2D eigenvalue weighted by Gasteiger charge is 2.32. The summed E-state index contributed by atoms with van der Waals surface area (Å²) < 4.78 is 37.6. The molecule has 0 aliphatic rings. The number of carbonyl (C=O) groups is 2. The number of aliphatic carboxylic acids is 1. The fraction of sp³-hybridized carbons (Fsp3) is 0.500. The topological polar surface area (TPSA) is 82.5 Å². The van der Waals surface area contributed by atoms with Crippen LogP contribution in [0.25, 0.3) is 0 Å². The highest BCUT2D eigenvalue weighted by Crippen LogP contribution is 2.27. The number of pyridine rings is 1. The van der Waals surface area contributed by atoms with Crippen LogP contribution in [-0.4, -0.2) is 47.1 Å². The van der Waals surface area contributed by atoms with Crippen molar-refractivity contribution < 1.29 is 27.9 Å². The molecule has 2 N–H and O–H groups in total. The van der Waals surface area contributed by atoms with Crippen LogP contribution in [0.4, 0.5) is 18.0 Å². The smallest absolute Gasteiger partial charge is 0.433 e. The summed E-state index contributed by atoms with van der Waals surface area (Å²) in [7, 11) is 1.44. The van der Waals surface area contributed by atoms with E-state index in [2.05, 4.69) is 10.3 Å². The summed E-state index contributed by atoms with van der Waals surface area (Å²) in [4.78, 5) is 27.1. The molecule has 0 aromatic carbocycles. The SMILES string of the molecule is CC(CN(C)C(=O)NCCc1cccc(C(F)(F)F)n1)C(=O)O. The van der Waals surface area contributed by atoms with Gasteiger partial charge in [0.15, 0.2) is 0 Å². The van der Waals surface area contributed by atoms with Crippen LogP contribution in [-0.2, 0) is 17.4 Å². The first-order valence-corrected chi connectivity index (χ1v) is 6.86. The van der Waals surface area contributed by atoms with Crippen LogP contribution in [0.15, 0.2) is 18.2 Å². The summed E-state index contributed by atoms with van der Waals surface area (Å²) in [6.07, 6.45) is -4.37. The number of aromatic nitrogens is 1. The van der Waals surface area contributed by atoms with E-state index in [-0.39, 0.29) is 25.2 Å². The maximum Gasteiger partial charge on any atom is 0.433 e. The predicted octanol–water partition coefficient (Wildman–Crippen LogP) is 2.00. The number of amides is 2. The lowest BCUT2D eigenvalue weighted by atomic mass is 10.2. The minimum absolute atomic E-state index is 0.0307. The average molecular weight is 333 g/mol. The number of halogens is 3. The number of carbonyl (C=O) groups excluding carboxylic acids is 1. The molecule has 128 valence electrons. The number of hydrogen-bond acceptors (Lipinski definition) is 3. The Balaban J connectivity index is 2.48. The third kappa shape index (κ3) is 6.13. The fourth-order valence-electron chi connectivity index (χ4n) is 1.78. The zero-order valence-corrected chi connectivity index (χ0v) is 12.7. The van der Waals surface area contributed by atoms with Crippen molar-refractivity contribution in [2.45, 2.75) is 19.5 Å². The van der Waals surface area contributed by atoms with Crippen LogP contribution in [0.3, 0.4) is 0 Å². The lowest BCUT2D eigenvalue weighted by Gasteiger charge is -2.20. The maximum absolute atomic E-state index is 12.5. The number of urea groups is 1. The van der Waals surface area contributed by atoms with E-state index in [1.165, 1.54) is 31.0 Å². The second-order valence-corrected chi connectivity index (χ2v) is 5.11. The molecule has 23 heavy (non-hydrogen) atoms. The van der Waals surface area contributed by atoms with Crippen LogP contribution in [0.2, 0.25) is 0 Å². The van der Waals surface area contributed by atoms with Gasteiger partial charge >= 0.3 is 18.2 Å². The Morgan fingerprint density at radius 2 is 2.04 bits per heavy atom. The summed E-state index contributed by atoms with van der Waals surface area (Å²) in [5.41, 5.74) is -0.768. The van der Waals surface area contributed by atoms with Gasteiger partial charge in [-0.2, -0.15) is 13.2 Å². The minimum atomic E-state index is -4.51. The van der Waals surface area contributed by atoms with E-state index in [1.807, 2.05) is 0 Å². The van der Waals surface area contributed by atoms with Gasteiger partial charge in [-0.3, -0.25) is 4.79 Å². The number of carboxylic acid groups (broad SMARTS) is 1. The van der Waals surface area contributed by atoms with Gasteiger partial charge in [-0.05, 0) is 12.1 Å². The average Bonchev–Trinajstić information content (AvgIpc) is 2.46. The van der Waals surface area contributed by atoms with Gasteiger partial charge in [-0.1, -0.05) is 13.0 Å². The molecule has 1 unspecified atom stereocenters. The normalized spacial score (nSPS) is 12.6. The number of nitrogens with one attached hydrogen (secondary N) is 1. The Morgan fingerprint density at radius 3 is 2.61 bits per heavy atom. The third-order valence-electron chi connectivity index (χ3n) is 3.07. The van der Waals surface area contributed by atoms with Gasteiger partial charge in [-0.25, -0.2) is 9.78 Å².